The standard InChI is InChI=1S/C17H27N3O3S/c1-3-11-20(24(2,22)23)14-17(21)18-15-7-9-16(10-8-15)19-12-5-4-6-13-19/h7-10H,3-6,11-14H2,1-2H3,(H,18,21). The second kappa shape index (κ2) is 8.48. The van der Waals surface area contributed by atoms with E-state index in [0.717, 1.165) is 25.0 Å². The predicted molar refractivity (Wildman–Crippen MR) is 97.8 cm³/mol. The number of piperidine rings is 1. The first-order valence-corrected chi connectivity index (χ1v) is 10.3. The molecule has 1 N–H and O–H groups in total. The molecule has 0 unspecified atom stereocenters. The van der Waals surface area contributed by atoms with Gasteiger partial charge in [-0.2, -0.15) is 4.31 Å². The molecule has 1 aliphatic rings. The van der Waals surface area contributed by atoms with Crippen LogP contribution in [0.3, 0.4) is 0 Å². The molecule has 1 aromatic rings. The van der Waals surface area contributed by atoms with Crippen LogP contribution in [0.5, 0.6) is 0 Å². The number of sulfonamides is 1. The Morgan fingerprint density at radius 3 is 2.33 bits per heavy atom. The van der Waals surface area contributed by atoms with Crippen LogP contribution < -0.4 is 10.2 Å². The Balaban J connectivity index is 1.93. The number of anilines is 2. The molecule has 0 atom stereocenters. The van der Waals surface area contributed by atoms with Crippen molar-refractivity contribution >= 4 is 27.3 Å². The molecule has 0 saturated carbocycles. The summed E-state index contributed by atoms with van der Waals surface area (Å²) in [4.78, 5) is 14.5. The van der Waals surface area contributed by atoms with E-state index >= 15 is 0 Å². The lowest BCUT2D eigenvalue weighted by molar-refractivity contribution is -0.116. The second-order valence-corrected chi connectivity index (χ2v) is 8.22. The van der Waals surface area contributed by atoms with Crippen molar-refractivity contribution in [2.24, 2.45) is 0 Å². The number of amides is 1. The van der Waals surface area contributed by atoms with Crippen LogP contribution in [-0.2, 0) is 14.8 Å². The third kappa shape index (κ3) is 5.49. The van der Waals surface area contributed by atoms with Crippen molar-refractivity contribution in [3.63, 3.8) is 0 Å². The zero-order chi connectivity index (χ0) is 17.6. The molecule has 2 rings (SSSR count). The van der Waals surface area contributed by atoms with Gasteiger partial charge in [-0.15, -0.1) is 0 Å². The summed E-state index contributed by atoms with van der Waals surface area (Å²) in [6.07, 6.45) is 5.53. The van der Waals surface area contributed by atoms with Crippen LogP contribution in [0.2, 0.25) is 0 Å². The van der Waals surface area contributed by atoms with Crippen molar-refractivity contribution < 1.29 is 13.2 Å². The first kappa shape index (κ1) is 18.7. The van der Waals surface area contributed by atoms with Gasteiger partial charge in [0.05, 0.1) is 12.8 Å². The minimum atomic E-state index is -3.37. The molecule has 7 heteroatoms. The Bertz CT molecular complexity index is 638. The van der Waals surface area contributed by atoms with E-state index in [2.05, 4.69) is 10.2 Å². The lowest BCUT2D eigenvalue weighted by Gasteiger charge is -2.28. The van der Waals surface area contributed by atoms with Gasteiger partial charge in [0.1, 0.15) is 0 Å². The highest BCUT2D eigenvalue weighted by atomic mass is 32.2. The molecule has 0 aliphatic carbocycles. The fraction of sp³-hybridized carbons (Fsp3) is 0.588. The van der Waals surface area contributed by atoms with E-state index < -0.39 is 10.0 Å². The summed E-state index contributed by atoms with van der Waals surface area (Å²) in [5.41, 5.74) is 1.85. The Labute approximate surface area is 144 Å². The molecule has 1 amide bonds. The van der Waals surface area contributed by atoms with Crippen LogP contribution in [0.25, 0.3) is 0 Å². The van der Waals surface area contributed by atoms with Crippen LogP contribution >= 0.6 is 0 Å². The van der Waals surface area contributed by atoms with E-state index in [1.807, 2.05) is 31.2 Å². The summed E-state index contributed by atoms with van der Waals surface area (Å²) in [7, 11) is -3.37. The summed E-state index contributed by atoms with van der Waals surface area (Å²) >= 11 is 0. The lowest BCUT2D eigenvalue weighted by atomic mass is 10.1. The van der Waals surface area contributed by atoms with Gasteiger partial charge in [-0.05, 0) is 49.9 Å². The summed E-state index contributed by atoms with van der Waals surface area (Å²) < 4.78 is 24.5. The molecule has 0 radical (unpaired) electrons. The Hall–Kier alpha value is -1.60. The Morgan fingerprint density at radius 1 is 1.17 bits per heavy atom. The smallest absolute Gasteiger partial charge is 0.239 e. The van der Waals surface area contributed by atoms with E-state index in [0.29, 0.717) is 18.7 Å². The Kier molecular flexibility index (Phi) is 6.62. The fourth-order valence-corrected chi connectivity index (χ4v) is 3.75. The van der Waals surface area contributed by atoms with Gasteiger partial charge in [-0.25, -0.2) is 8.42 Å². The van der Waals surface area contributed by atoms with Crippen LogP contribution in [0, 0.1) is 0 Å². The molecule has 0 spiro atoms. The molecule has 6 nitrogen and oxygen atoms in total. The van der Waals surface area contributed by atoms with Crippen molar-refractivity contribution in [3.8, 4) is 0 Å². The summed E-state index contributed by atoms with van der Waals surface area (Å²) in [5, 5.41) is 2.77. The maximum absolute atomic E-state index is 12.1. The van der Waals surface area contributed by atoms with Crippen molar-refractivity contribution in [2.45, 2.75) is 32.6 Å². The molecule has 1 saturated heterocycles. The lowest BCUT2D eigenvalue weighted by Crippen LogP contribution is -2.37. The molecule has 134 valence electrons. The third-order valence-corrected chi connectivity index (χ3v) is 5.38. The van der Waals surface area contributed by atoms with E-state index in [1.54, 1.807) is 0 Å². The molecule has 1 fully saturated rings. The first-order valence-electron chi connectivity index (χ1n) is 8.50. The average Bonchev–Trinajstić information content (AvgIpc) is 2.55. The zero-order valence-corrected chi connectivity index (χ0v) is 15.3. The monoisotopic (exact) mass is 353 g/mol. The summed E-state index contributed by atoms with van der Waals surface area (Å²) in [6.45, 7) is 4.23. The fourth-order valence-electron chi connectivity index (χ4n) is 2.88. The van der Waals surface area contributed by atoms with E-state index in [9.17, 15) is 13.2 Å². The first-order chi connectivity index (χ1) is 11.4. The second-order valence-electron chi connectivity index (χ2n) is 6.24. The molecular weight excluding hydrogens is 326 g/mol. The highest BCUT2D eigenvalue weighted by Gasteiger charge is 2.19. The maximum Gasteiger partial charge on any atom is 0.239 e. The molecule has 0 bridgehead atoms. The third-order valence-electron chi connectivity index (χ3n) is 4.13. The van der Waals surface area contributed by atoms with Crippen molar-refractivity contribution in [2.75, 3.05) is 42.7 Å². The Morgan fingerprint density at radius 2 is 1.79 bits per heavy atom. The highest BCUT2D eigenvalue weighted by Crippen LogP contribution is 2.21. The van der Waals surface area contributed by atoms with Crippen molar-refractivity contribution in [1.29, 1.82) is 0 Å². The molecular formula is C17H27N3O3S. The topological polar surface area (TPSA) is 69.7 Å². The van der Waals surface area contributed by atoms with Gasteiger partial charge in [0.15, 0.2) is 0 Å². The molecule has 24 heavy (non-hydrogen) atoms. The number of nitrogens with zero attached hydrogens (tertiary/aromatic N) is 2. The van der Waals surface area contributed by atoms with Crippen LogP contribution in [-0.4, -0.2) is 51.1 Å². The SMILES string of the molecule is CCCN(CC(=O)Nc1ccc(N2CCCCC2)cc1)S(C)(=O)=O. The number of carbonyl (C=O) groups excluding carboxylic acids is 1. The van der Waals surface area contributed by atoms with Gasteiger partial charge in [0, 0.05) is 31.0 Å². The number of rotatable bonds is 7. The molecule has 1 aliphatic heterocycles. The largest absolute Gasteiger partial charge is 0.372 e. The van der Waals surface area contributed by atoms with Crippen LogP contribution in [0.15, 0.2) is 24.3 Å². The maximum atomic E-state index is 12.1. The molecule has 1 aromatic carbocycles. The summed E-state index contributed by atoms with van der Waals surface area (Å²) in [6, 6.07) is 7.74. The van der Waals surface area contributed by atoms with Crippen molar-refractivity contribution in [1.82, 2.24) is 4.31 Å². The van der Waals surface area contributed by atoms with Gasteiger partial charge in [-0.3, -0.25) is 4.79 Å². The predicted octanol–water partition coefficient (Wildman–Crippen LogP) is 2.29. The van der Waals surface area contributed by atoms with E-state index in [-0.39, 0.29) is 12.5 Å². The van der Waals surface area contributed by atoms with Crippen LogP contribution in [0.1, 0.15) is 32.6 Å². The van der Waals surface area contributed by atoms with Gasteiger partial charge in [0.2, 0.25) is 15.9 Å². The van der Waals surface area contributed by atoms with Gasteiger partial charge < -0.3 is 10.2 Å². The minimum Gasteiger partial charge on any atom is -0.372 e. The van der Waals surface area contributed by atoms with Gasteiger partial charge in [0.25, 0.3) is 0 Å². The number of benzene rings is 1. The average molecular weight is 353 g/mol. The minimum absolute atomic E-state index is 0.152. The van der Waals surface area contributed by atoms with E-state index in [1.165, 1.54) is 23.6 Å². The van der Waals surface area contributed by atoms with Crippen LogP contribution in [0.4, 0.5) is 11.4 Å². The number of carbonyl (C=O) groups is 1. The number of hydrogen-bond donors (Lipinski definition) is 1. The van der Waals surface area contributed by atoms with Crippen molar-refractivity contribution in [3.05, 3.63) is 24.3 Å². The number of hydrogen-bond acceptors (Lipinski definition) is 4. The quantitative estimate of drug-likeness (QED) is 0.816. The van der Waals surface area contributed by atoms with Gasteiger partial charge >= 0.3 is 0 Å². The zero-order valence-electron chi connectivity index (χ0n) is 14.5. The molecule has 1 heterocycles. The van der Waals surface area contributed by atoms with Gasteiger partial charge in [-0.1, -0.05) is 6.92 Å². The number of nitrogens with one attached hydrogen (secondary N) is 1. The molecule has 0 aromatic heterocycles. The van der Waals surface area contributed by atoms with E-state index in [4.69, 9.17) is 0 Å². The summed E-state index contributed by atoms with van der Waals surface area (Å²) in [5.74, 6) is -0.320. The highest BCUT2D eigenvalue weighted by molar-refractivity contribution is 7.88. The normalized spacial score (nSPS) is 15.5.